The highest BCUT2D eigenvalue weighted by molar-refractivity contribution is 7.99. The first-order valence-electron chi connectivity index (χ1n) is 10.1. The van der Waals surface area contributed by atoms with Gasteiger partial charge in [-0.15, -0.1) is 11.8 Å². The smallest absolute Gasteiger partial charge is 0.379 e. The third-order valence-corrected chi connectivity index (χ3v) is 6.22. The summed E-state index contributed by atoms with van der Waals surface area (Å²) in [5.41, 5.74) is -3.26. The molecule has 3 aromatic carbocycles. The first-order chi connectivity index (χ1) is 16.5. The van der Waals surface area contributed by atoms with Crippen molar-refractivity contribution in [2.75, 3.05) is 11.1 Å². The number of alkyl halides is 3. The Labute approximate surface area is 202 Å². The topological polar surface area (TPSA) is 96.9 Å². The molecule has 5 nitrogen and oxygen atoms in total. The number of carbonyl (C=O) groups excluding carboxylic acids is 1. The molecule has 0 heterocycles. The number of nitriles is 2. The first-order valence-corrected chi connectivity index (χ1v) is 11.1. The summed E-state index contributed by atoms with van der Waals surface area (Å²) in [5, 5.41) is 31.6. The van der Waals surface area contributed by atoms with Gasteiger partial charge in [-0.3, -0.25) is 4.79 Å². The third kappa shape index (κ3) is 6.60. The maximum Gasteiger partial charge on any atom is 0.417 e. The van der Waals surface area contributed by atoms with Gasteiger partial charge in [-0.05, 0) is 60.2 Å². The average molecular weight is 499 g/mol. The zero-order valence-corrected chi connectivity index (χ0v) is 18.8. The van der Waals surface area contributed by atoms with Gasteiger partial charge >= 0.3 is 6.18 Å². The standard InChI is InChI=1S/C25H17F4N3O2S/c26-19-6-9-21(10-7-19)35-15-24(34,12-16-1-3-17(13-30)4-2-16)23(33)32-20-8-5-18(14-31)22(11-20)25(27,28)29/h1-11,34H,12,15H2,(H,32,33)/t24-/m0/s1. The molecule has 35 heavy (non-hydrogen) atoms. The molecule has 0 aliphatic rings. The van der Waals surface area contributed by atoms with Gasteiger partial charge in [-0.1, -0.05) is 12.1 Å². The van der Waals surface area contributed by atoms with E-state index in [9.17, 15) is 27.5 Å². The van der Waals surface area contributed by atoms with Crippen LogP contribution in [0, 0.1) is 28.5 Å². The Morgan fingerprint density at radius 2 is 1.63 bits per heavy atom. The van der Waals surface area contributed by atoms with Gasteiger partial charge in [0.05, 0.1) is 28.8 Å². The van der Waals surface area contributed by atoms with Crippen LogP contribution < -0.4 is 5.32 Å². The van der Waals surface area contributed by atoms with Crippen LogP contribution in [-0.4, -0.2) is 22.4 Å². The predicted octanol–water partition coefficient (Wildman–Crippen LogP) is 5.29. The second-order valence-corrected chi connectivity index (χ2v) is 8.63. The van der Waals surface area contributed by atoms with Gasteiger partial charge in [0.25, 0.3) is 5.91 Å². The van der Waals surface area contributed by atoms with Crippen molar-refractivity contribution in [3.8, 4) is 12.1 Å². The van der Waals surface area contributed by atoms with Gasteiger partial charge in [-0.2, -0.15) is 23.7 Å². The number of benzene rings is 3. The van der Waals surface area contributed by atoms with Crippen molar-refractivity contribution in [1.29, 1.82) is 10.5 Å². The number of hydrogen-bond acceptors (Lipinski definition) is 5. The molecular weight excluding hydrogens is 482 g/mol. The Bertz CT molecular complexity index is 1300. The van der Waals surface area contributed by atoms with E-state index in [-0.39, 0.29) is 17.9 Å². The monoisotopic (exact) mass is 499 g/mol. The molecule has 3 aromatic rings. The van der Waals surface area contributed by atoms with Crippen LogP contribution in [0.3, 0.4) is 0 Å². The number of aliphatic hydroxyl groups is 1. The fourth-order valence-corrected chi connectivity index (χ4v) is 4.13. The summed E-state index contributed by atoms with van der Waals surface area (Å²) in [7, 11) is 0. The van der Waals surface area contributed by atoms with Gasteiger partial charge in [0, 0.05) is 22.8 Å². The molecule has 0 aliphatic heterocycles. The number of amides is 1. The Morgan fingerprint density at radius 3 is 2.20 bits per heavy atom. The number of carbonyl (C=O) groups is 1. The highest BCUT2D eigenvalue weighted by Gasteiger charge is 2.38. The minimum Gasteiger partial charge on any atom is -0.379 e. The van der Waals surface area contributed by atoms with E-state index in [1.165, 1.54) is 42.5 Å². The molecule has 1 amide bonds. The summed E-state index contributed by atoms with van der Waals surface area (Å²) in [6.45, 7) is 0. The molecule has 1 atom stereocenters. The maximum atomic E-state index is 13.3. The normalized spacial score (nSPS) is 12.8. The van der Waals surface area contributed by atoms with Gasteiger partial charge in [0.1, 0.15) is 5.82 Å². The van der Waals surface area contributed by atoms with Crippen LogP contribution in [0.2, 0.25) is 0 Å². The fraction of sp³-hybridized carbons (Fsp3) is 0.160. The fourth-order valence-electron chi connectivity index (χ4n) is 3.17. The number of rotatable bonds is 7. The summed E-state index contributed by atoms with van der Waals surface area (Å²) in [5.74, 6) is -1.62. The Balaban J connectivity index is 1.89. The summed E-state index contributed by atoms with van der Waals surface area (Å²) in [6, 6.07) is 17.6. The van der Waals surface area contributed by atoms with Crippen molar-refractivity contribution in [3.05, 3.63) is 94.8 Å². The van der Waals surface area contributed by atoms with Gasteiger partial charge in [0.2, 0.25) is 0 Å². The zero-order valence-electron chi connectivity index (χ0n) is 17.9. The Kier molecular flexibility index (Phi) is 7.80. The van der Waals surface area contributed by atoms with Gasteiger partial charge in [0.15, 0.2) is 5.60 Å². The zero-order chi connectivity index (χ0) is 25.6. The molecule has 0 aliphatic carbocycles. The van der Waals surface area contributed by atoms with E-state index in [1.54, 1.807) is 12.1 Å². The predicted molar refractivity (Wildman–Crippen MR) is 122 cm³/mol. The third-order valence-electron chi connectivity index (χ3n) is 5.00. The molecule has 0 saturated heterocycles. The molecular formula is C25H17F4N3O2S. The molecule has 0 unspecified atom stereocenters. The largest absolute Gasteiger partial charge is 0.417 e. The van der Waals surface area contributed by atoms with E-state index in [0.29, 0.717) is 22.1 Å². The average Bonchev–Trinajstić information content (AvgIpc) is 2.83. The van der Waals surface area contributed by atoms with Crippen LogP contribution in [-0.2, 0) is 17.4 Å². The maximum absolute atomic E-state index is 13.3. The lowest BCUT2D eigenvalue weighted by Gasteiger charge is -2.27. The molecule has 0 aromatic heterocycles. The lowest BCUT2D eigenvalue weighted by molar-refractivity contribution is -0.138. The SMILES string of the molecule is N#Cc1ccc(C[C@](O)(CSc2ccc(F)cc2)C(=O)Nc2ccc(C#N)c(C(F)(F)F)c2)cc1. The summed E-state index contributed by atoms with van der Waals surface area (Å²) in [4.78, 5) is 13.7. The summed E-state index contributed by atoms with van der Waals surface area (Å²) in [6.07, 6.45) is -5.02. The number of nitrogens with one attached hydrogen (secondary N) is 1. The van der Waals surface area contributed by atoms with E-state index in [4.69, 9.17) is 10.5 Å². The lowest BCUT2D eigenvalue weighted by Crippen LogP contribution is -2.47. The molecule has 10 heteroatoms. The minimum absolute atomic E-state index is 0.202. The van der Waals surface area contributed by atoms with Crippen molar-refractivity contribution in [2.24, 2.45) is 0 Å². The van der Waals surface area contributed by atoms with Crippen molar-refractivity contribution < 1.29 is 27.5 Å². The molecule has 3 rings (SSSR count). The van der Waals surface area contributed by atoms with Crippen molar-refractivity contribution in [3.63, 3.8) is 0 Å². The molecule has 178 valence electrons. The van der Waals surface area contributed by atoms with Crippen LogP contribution in [0.4, 0.5) is 23.2 Å². The van der Waals surface area contributed by atoms with E-state index in [0.717, 1.165) is 23.9 Å². The van der Waals surface area contributed by atoms with Crippen LogP contribution in [0.15, 0.2) is 71.6 Å². The lowest BCUT2D eigenvalue weighted by atomic mass is 9.94. The highest BCUT2D eigenvalue weighted by Crippen LogP contribution is 2.34. The van der Waals surface area contributed by atoms with E-state index in [2.05, 4.69) is 5.32 Å². The van der Waals surface area contributed by atoms with Crippen LogP contribution in [0.1, 0.15) is 22.3 Å². The number of hydrogen-bond donors (Lipinski definition) is 2. The molecule has 0 saturated carbocycles. The summed E-state index contributed by atoms with van der Waals surface area (Å²) >= 11 is 1.06. The second kappa shape index (κ2) is 10.6. The van der Waals surface area contributed by atoms with E-state index >= 15 is 0 Å². The van der Waals surface area contributed by atoms with E-state index < -0.39 is 34.6 Å². The van der Waals surface area contributed by atoms with Gasteiger partial charge in [-0.25, -0.2) is 4.39 Å². The number of nitrogens with zero attached hydrogens (tertiary/aromatic N) is 2. The number of anilines is 1. The first kappa shape index (κ1) is 25.8. The molecule has 0 bridgehead atoms. The molecule has 2 N–H and O–H groups in total. The molecule has 0 spiro atoms. The Morgan fingerprint density at radius 1 is 0.971 bits per heavy atom. The van der Waals surface area contributed by atoms with Crippen LogP contribution >= 0.6 is 11.8 Å². The minimum atomic E-state index is -4.82. The molecule has 0 radical (unpaired) electrons. The Hall–Kier alpha value is -3.86. The van der Waals surface area contributed by atoms with Crippen molar-refractivity contribution >= 4 is 23.4 Å². The van der Waals surface area contributed by atoms with Crippen LogP contribution in [0.5, 0.6) is 0 Å². The number of thioether (sulfide) groups is 1. The number of halogens is 4. The second-order valence-electron chi connectivity index (χ2n) is 7.58. The quantitative estimate of drug-likeness (QED) is 0.340. The van der Waals surface area contributed by atoms with E-state index in [1.807, 2.05) is 6.07 Å². The highest BCUT2D eigenvalue weighted by atomic mass is 32.2. The van der Waals surface area contributed by atoms with Gasteiger partial charge < -0.3 is 10.4 Å². The van der Waals surface area contributed by atoms with Crippen molar-refractivity contribution in [1.82, 2.24) is 0 Å². The van der Waals surface area contributed by atoms with Crippen molar-refractivity contribution in [2.45, 2.75) is 23.1 Å². The molecule has 0 fully saturated rings. The summed E-state index contributed by atoms with van der Waals surface area (Å²) < 4.78 is 53.1. The van der Waals surface area contributed by atoms with Crippen LogP contribution in [0.25, 0.3) is 0 Å².